The van der Waals surface area contributed by atoms with E-state index < -0.39 is 11.9 Å². The number of carboxylic acids is 1. The standard InChI is InChI=1S/C14H19NO4/c1-19-14(18)11-15(10-13(16)17)9-5-8-12-6-3-2-4-7-12/h2-4,6-7H,5,8-11H2,1H3,(H,16,17). The normalized spacial score (nSPS) is 10.4. The number of aryl methyl sites for hydroxylation is 1. The molecular weight excluding hydrogens is 246 g/mol. The van der Waals surface area contributed by atoms with Crippen LogP contribution in [0.3, 0.4) is 0 Å². The van der Waals surface area contributed by atoms with Gasteiger partial charge in [0.05, 0.1) is 20.2 Å². The molecule has 0 aromatic heterocycles. The Labute approximate surface area is 112 Å². The van der Waals surface area contributed by atoms with Crippen LogP contribution in [-0.2, 0) is 20.7 Å². The van der Waals surface area contributed by atoms with Crippen molar-refractivity contribution < 1.29 is 19.4 Å². The third-order valence-corrected chi connectivity index (χ3v) is 2.72. The average molecular weight is 265 g/mol. The lowest BCUT2D eigenvalue weighted by atomic mass is 10.1. The second-order valence-corrected chi connectivity index (χ2v) is 4.27. The molecule has 5 heteroatoms. The van der Waals surface area contributed by atoms with E-state index >= 15 is 0 Å². The number of aliphatic carboxylic acids is 1. The fourth-order valence-electron chi connectivity index (χ4n) is 1.80. The molecule has 0 heterocycles. The second kappa shape index (κ2) is 8.26. The van der Waals surface area contributed by atoms with Gasteiger partial charge in [0.25, 0.3) is 0 Å². The van der Waals surface area contributed by atoms with Crippen molar-refractivity contribution in [2.45, 2.75) is 12.8 Å². The van der Waals surface area contributed by atoms with Gasteiger partial charge in [-0.25, -0.2) is 0 Å². The minimum absolute atomic E-state index is 0.0115. The maximum absolute atomic E-state index is 11.2. The molecule has 0 radical (unpaired) electrons. The van der Waals surface area contributed by atoms with E-state index in [9.17, 15) is 9.59 Å². The third-order valence-electron chi connectivity index (χ3n) is 2.72. The molecule has 104 valence electrons. The van der Waals surface area contributed by atoms with Gasteiger partial charge in [-0.1, -0.05) is 30.3 Å². The monoisotopic (exact) mass is 265 g/mol. The van der Waals surface area contributed by atoms with Crippen LogP contribution in [0, 0.1) is 0 Å². The Morgan fingerprint density at radius 1 is 1.21 bits per heavy atom. The number of methoxy groups -OCH3 is 1. The summed E-state index contributed by atoms with van der Waals surface area (Å²) in [4.78, 5) is 23.5. The molecule has 0 unspecified atom stereocenters. The molecule has 0 bridgehead atoms. The van der Waals surface area contributed by atoms with Gasteiger partial charge < -0.3 is 9.84 Å². The lowest BCUT2D eigenvalue weighted by Crippen LogP contribution is -2.35. The van der Waals surface area contributed by atoms with E-state index in [4.69, 9.17) is 5.11 Å². The summed E-state index contributed by atoms with van der Waals surface area (Å²) in [6, 6.07) is 9.96. The zero-order chi connectivity index (χ0) is 14.1. The molecule has 0 aliphatic heterocycles. The summed E-state index contributed by atoms with van der Waals surface area (Å²) in [6.07, 6.45) is 1.66. The van der Waals surface area contributed by atoms with Gasteiger partial charge in [-0.2, -0.15) is 0 Å². The maximum Gasteiger partial charge on any atom is 0.319 e. The number of esters is 1. The van der Waals surface area contributed by atoms with Gasteiger partial charge in [-0.3, -0.25) is 14.5 Å². The van der Waals surface area contributed by atoms with Crippen molar-refractivity contribution in [2.75, 3.05) is 26.7 Å². The molecule has 0 aliphatic rings. The summed E-state index contributed by atoms with van der Waals surface area (Å²) in [7, 11) is 1.30. The van der Waals surface area contributed by atoms with Crippen LogP contribution >= 0.6 is 0 Å². The first-order valence-electron chi connectivity index (χ1n) is 6.16. The number of carboxylic acid groups (broad SMARTS) is 1. The highest BCUT2D eigenvalue weighted by Gasteiger charge is 2.13. The van der Waals surface area contributed by atoms with E-state index in [1.807, 2.05) is 30.3 Å². The van der Waals surface area contributed by atoms with E-state index in [1.165, 1.54) is 12.7 Å². The quantitative estimate of drug-likeness (QED) is 0.715. The number of hydrogen-bond acceptors (Lipinski definition) is 4. The molecular formula is C14H19NO4. The Morgan fingerprint density at radius 3 is 2.47 bits per heavy atom. The first-order valence-corrected chi connectivity index (χ1v) is 6.16. The summed E-state index contributed by atoms with van der Waals surface area (Å²) >= 11 is 0. The topological polar surface area (TPSA) is 66.8 Å². The summed E-state index contributed by atoms with van der Waals surface area (Å²) in [5.41, 5.74) is 1.20. The fraction of sp³-hybridized carbons (Fsp3) is 0.429. The van der Waals surface area contributed by atoms with Crippen LogP contribution in [0.2, 0.25) is 0 Å². The van der Waals surface area contributed by atoms with Crippen LogP contribution in [0.15, 0.2) is 30.3 Å². The van der Waals surface area contributed by atoms with Crippen molar-refractivity contribution in [2.24, 2.45) is 0 Å². The summed E-state index contributed by atoms with van der Waals surface area (Å²) < 4.78 is 4.55. The minimum Gasteiger partial charge on any atom is -0.480 e. The number of carbonyl (C=O) groups excluding carboxylic acids is 1. The summed E-state index contributed by atoms with van der Waals surface area (Å²) in [5.74, 6) is -1.36. The molecule has 1 rings (SSSR count). The van der Waals surface area contributed by atoms with Gasteiger partial charge in [-0.15, -0.1) is 0 Å². The average Bonchev–Trinajstić information content (AvgIpc) is 2.39. The number of hydrogen-bond donors (Lipinski definition) is 1. The second-order valence-electron chi connectivity index (χ2n) is 4.27. The first kappa shape index (κ1) is 15.2. The van der Waals surface area contributed by atoms with Crippen molar-refractivity contribution in [3.05, 3.63) is 35.9 Å². The zero-order valence-corrected chi connectivity index (χ0v) is 11.0. The Bertz CT molecular complexity index is 405. The first-order chi connectivity index (χ1) is 9.11. The van der Waals surface area contributed by atoms with Crippen LogP contribution in [-0.4, -0.2) is 48.7 Å². The lowest BCUT2D eigenvalue weighted by Gasteiger charge is -2.18. The van der Waals surface area contributed by atoms with Crippen molar-refractivity contribution in [3.63, 3.8) is 0 Å². The van der Waals surface area contributed by atoms with Crippen molar-refractivity contribution in [1.29, 1.82) is 0 Å². The number of rotatable bonds is 8. The van der Waals surface area contributed by atoms with Gasteiger partial charge in [0, 0.05) is 0 Å². The van der Waals surface area contributed by atoms with Crippen molar-refractivity contribution >= 4 is 11.9 Å². The van der Waals surface area contributed by atoms with E-state index in [-0.39, 0.29) is 13.1 Å². The van der Waals surface area contributed by atoms with Crippen LogP contribution < -0.4 is 0 Å². The van der Waals surface area contributed by atoms with Crippen LogP contribution in [0.4, 0.5) is 0 Å². The molecule has 19 heavy (non-hydrogen) atoms. The number of ether oxygens (including phenoxy) is 1. The van der Waals surface area contributed by atoms with Gasteiger partial charge in [0.1, 0.15) is 0 Å². The minimum atomic E-state index is -0.941. The predicted octanol–water partition coefficient (Wildman–Crippen LogP) is 1.18. The molecule has 0 spiro atoms. The van der Waals surface area contributed by atoms with Gasteiger partial charge >= 0.3 is 11.9 Å². The van der Waals surface area contributed by atoms with Crippen LogP contribution in [0.5, 0.6) is 0 Å². The van der Waals surface area contributed by atoms with Crippen LogP contribution in [0.25, 0.3) is 0 Å². The molecule has 0 saturated carbocycles. The lowest BCUT2D eigenvalue weighted by molar-refractivity contribution is -0.144. The van der Waals surface area contributed by atoms with E-state index in [0.717, 1.165) is 12.8 Å². The van der Waals surface area contributed by atoms with Gasteiger partial charge in [0.15, 0.2) is 0 Å². The Hall–Kier alpha value is -1.88. The van der Waals surface area contributed by atoms with E-state index in [0.29, 0.717) is 6.54 Å². The smallest absolute Gasteiger partial charge is 0.319 e. The highest BCUT2D eigenvalue weighted by Crippen LogP contribution is 2.03. The number of carbonyl (C=O) groups is 2. The van der Waals surface area contributed by atoms with Crippen LogP contribution in [0.1, 0.15) is 12.0 Å². The van der Waals surface area contributed by atoms with E-state index in [1.54, 1.807) is 4.90 Å². The summed E-state index contributed by atoms with van der Waals surface area (Å²) in [6.45, 7) is 0.414. The third kappa shape index (κ3) is 6.57. The molecule has 0 saturated heterocycles. The molecule has 0 atom stereocenters. The number of benzene rings is 1. The molecule has 0 amide bonds. The SMILES string of the molecule is COC(=O)CN(CCCc1ccccc1)CC(=O)O. The number of nitrogens with zero attached hydrogens (tertiary/aromatic N) is 1. The maximum atomic E-state index is 11.2. The zero-order valence-electron chi connectivity index (χ0n) is 11.0. The van der Waals surface area contributed by atoms with Gasteiger partial charge in [0.2, 0.25) is 0 Å². The van der Waals surface area contributed by atoms with E-state index in [2.05, 4.69) is 4.74 Å². The largest absolute Gasteiger partial charge is 0.480 e. The Balaban J connectivity index is 2.39. The van der Waals surface area contributed by atoms with Gasteiger partial charge in [-0.05, 0) is 24.9 Å². The van der Waals surface area contributed by atoms with Crippen molar-refractivity contribution in [3.8, 4) is 0 Å². The van der Waals surface area contributed by atoms with Crippen molar-refractivity contribution in [1.82, 2.24) is 4.90 Å². The molecule has 1 N–H and O–H groups in total. The Morgan fingerprint density at radius 2 is 1.89 bits per heavy atom. The predicted molar refractivity (Wildman–Crippen MR) is 70.9 cm³/mol. The molecule has 0 fully saturated rings. The molecule has 0 aliphatic carbocycles. The highest BCUT2D eigenvalue weighted by molar-refractivity contribution is 5.73. The molecule has 5 nitrogen and oxygen atoms in total. The highest BCUT2D eigenvalue weighted by atomic mass is 16.5. The molecule has 1 aromatic rings. The fourth-order valence-corrected chi connectivity index (χ4v) is 1.80. The Kier molecular flexibility index (Phi) is 6.60. The summed E-state index contributed by atoms with van der Waals surface area (Å²) in [5, 5.41) is 8.79. The molecule has 1 aromatic carbocycles.